The van der Waals surface area contributed by atoms with Gasteiger partial charge in [-0.2, -0.15) is 13.2 Å². The Bertz CT molecular complexity index is 1230. The number of pyridine rings is 1. The fraction of sp³-hybridized carbons (Fsp3) is 0.391. The molecular weight excluding hydrogens is 471 g/mol. The number of aromatic nitrogens is 3. The summed E-state index contributed by atoms with van der Waals surface area (Å²) in [6, 6.07) is 7.37. The van der Waals surface area contributed by atoms with Crippen LogP contribution in [0.25, 0.3) is 22.6 Å². The zero-order chi connectivity index (χ0) is 25.3. The van der Waals surface area contributed by atoms with Crippen LogP contribution in [0.15, 0.2) is 35.2 Å². The number of rotatable bonds is 6. The number of esters is 2. The van der Waals surface area contributed by atoms with Crippen LogP contribution in [0.3, 0.4) is 0 Å². The minimum Gasteiger partial charge on any atom is -0.465 e. The zero-order valence-electron chi connectivity index (χ0n) is 19.3. The molecule has 0 fully saturated rings. The number of alkyl halides is 3. The highest BCUT2D eigenvalue weighted by Gasteiger charge is 2.29. The average molecular weight is 496 g/mol. The fourth-order valence-electron chi connectivity index (χ4n) is 3.30. The van der Waals surface area contributed by atoms with Gasteiger partial charge in [0, 0.05) is 24.1 Å². The third-order valence-electron chi connectivity index (χ3n) is 4.66. The van der Waals surface area contributed by atoms with E-state index in [4.69, 9.17) is 9.47 Å². The van der Waals surface area contributed by atoms with E-state index in [9.17, 15) is 22.8 Å². The van der Waals surface area contributed by atoms with E-state index in [0.29, 0.717) is 16.7 Å². The lowest BCUT2D eigenvalue weighted by Gasteiger charge is -2.19. The highest BCUT2D eigenvalue weighted by atomic mass is 32.2. The number of aryl methyl sites for hydroxylation is 2. The number of carbonyl (C=O) groups is 2. The lowest BCUT2D eigenvalue weighted by atomic mass is 10.1. The lowest BCUT2D eigenvalue weighted by Crippen LogP contribution is -2.24. The molecule has 0 unspecified atom stereocenters. The fourth-order valence-corrected chi connectivity index (χ4v) is 3.87. The second-order valence-corrected chi connectivity index (χ2v) is 9.61. The molecule has 7 nitrogen and oxygen atoms in total. The molecule has 34 heavy (non-hydrogen) atoms. The maximum absolute atomic E-state index is 12.8. The van der Waals surface area contributed by atoms with Crippen LogP contribution < -0.4 is 0 Å². The number of hydrogen-bond donors (Lipinski definition) is 0. The molecule has 0 aliphatic carbocycles. The topological polar surface area (TPSA) is 83.3 Å². The summed E-state index contributed by atoms with van der Waals surface area (Å²) < 4.78 is 50.2. The Balaban J connectivity index is 2.00. The Kier molecular flexibility index (Phi) is 7.25. The van der Waals surface area contributed by atoms with E-state index in [1.165, 1.54) is 31.4 Å². The minimum atomic E-state index is -4.42. The largest absolute Gasteiger partial charge is 0.465 e. The summed E-state index contributed by atoms with van der Waals surface area (Å²) in [7, 11) is 2.91. The van der Waals surface area contributed by atoms with Gasteiger partial charge in [0.25, 0.3) is 0 Å². The van der Waals surface area contributed by atoms with Crippen LogP contribution in [-0.4, -0.2) is 44.7 Å². The summed E-state index contributed by atoms with van der Waals surface area (Å²) >= 11 is -0.229. The maximum Gasteiger partial charge on any atom is 0.446 e. The van der Waals surface area contributed by atoms with Crippen LogP contribution >= 0.6 is 11.8 Å². The van der Waals surface area contributed by atoms with Crippen molar-refractivity contribution in [2.24, 2.45) is 7.05 Å². The Morgan fingerprint density at radius 1 is 1.09 bits per heavy atom. The Labute approximate surface area is 198 Å². The summed E-state index contributed by atoms with van der Waals surface area (Å²) in [4.78, 5) is 33.5. The van der Waals surface area contributed by atoms with E-state index < -0.39 is 17.1 Å². The molecule has 3 aromatic rings. The molecule has 1 aromatic carbocycles. The SMILES string of the molecule is COC(=O)c1ccc(CCC(=O)OC(C)(C)C)nc1-c1nc2cc(SC(F)(F)F)ccc2n1C. The van der Waals surface area contributed by atoms with Crippen molar-refractivity contribution in [2.45, 2.75) is 49.6 Å². The van der Waals surface area contributed by atoms with Crippen molar-refractivity contribution in [3.05, 3.63) is 41.6 Å². The van der Waals surface area contributed by atoms with E-state index >= 15 is 0 Å². The number of fused-ring (bicyclic) bond motifs is 1. The number of ether oxygens (including phenoxy) is 2. The number of methoxy groups -OCH3 is 1. The molecule has 0 radical (unpaired) electrons. The van der Waals surface area contributed by atoms with E-state index in [2.05, 4.69) is 9.97 Å². The molecule has 0 amide bonds. The number of carbonyl (C=O) groups excluding carboxylic acids is 2. The molecule has 2 aromatic heterocycles. The van der Waals surface area contributed by atoms with Gasteiger partial charge in [-0.05, 0) is 62.9 Å². The highest BCUT2D eigenvalue weighted by molar-refractivity contribution is 8.00. The van der Waals surface area contributed by atoms with Gasteiger partial charge in [-0.1, -0.05) is 0 Å². The van der Waals surface area contributed by atoms with E-state index in [1.54, 1.807) is 38.5 Å². The summed E-state index contributed by atoms with van der Waals surface area (Å²) in [5, 5.41) is 0. The Morgan fingerprint density at radius 2 is 1.79 bits per heavy atom. The van der Waals surface area contributed by atoms with Crippen LogP contribution in [0.5, 0.6) is 0 Å². The molecule has 0 aliphatic rings. The van der Waals surface area contributed by atoms with E-state index in [0.717, 1.165) is 0 Å². The quantitative estimate of drug-likeness (QED) is 0.339. The van der Waals surface area contributed by atoms with Crippen molar-refractivity contribution < 1.29 is 32.2 Å². The first-order valence-electron chi connectivity index (χ1n) is 10.3. The van der Waals surface area contributed by atoms with Crippen molar-refractivity contribution in [3.63, 3.8) is 0 Å². The molecule has 182 valence electrons. The number of halogens is 3. The highest BCUT2D eigenvalue weighted by Crippen LogP contribution is 2.38. The van der Waals surface area contributed by atoms with Crippen molar-refractivity contribution in [1.82, 2.24) is 14.5 Å². The average Bonchev–Trinajstić information content (AvgIpc) is 3.04. The van der Waals surface area contributed by atoms with Gasteiger partial charge < -0.3 is 14.0 Å². The smallest absolute Gasteiger partial charge is 0.446 e. The number of benzene rings is 1. The van der Waals surface area contributed by atoms with Crippen molar-refractivity contribution in [1.29, 1.82) is 0 Å². The zero-order valence-corrected chi connectivity index (χ0v) is 20.1. The van der Waals surface area contributed by atoms with Gasteiger partial charge in [0.1, 0.15) is 11.3 Å². The molecule has 0 saturated carbocycles. The molecule has 0 spiro atoms. The van der Waals surface area contributed by atoms with Crippen LogP contribution in [0.1, 0.15) is 43.2 Å². The molecule has 0 bridgehead atoms. The van der Waals surface area contributed by atoms with Gasteiger partial charge in [-0.15, -0.1) is 0 Å². The predicted octanol–water partition coefficient (Wildman–Crippen LogP) is 5.31. The molecule has 3 rings (SSSR count). The van der Waals surface area contributed by atoms with Crippen LogP contribution in [0.2, 0.25) is 0 Å². The number of nitrogens with zero attached hydrogens (tertiary/aromatic N) is 3. The number of hydrogen-bond acceptors (Lipinski definition) is 7. The van der Waals surface area contributed by atoms with E-state index in [-0.39, 0.29) is 52.6 Å². The third-order valence-corrected chi connectivity index (χ3v) is 5.38. The van der Waals surface area contributed by atoms with E-state index in [1.807, 2.05) is 0 Å². The van der Waals surface area contributed by atoms with Crippen molar-refractivity contribution >= 4 is 34.7 Å². The Hall–Kier alpha value is -3.08. The van der Waals surface area contributed by atoms with Crippen LogP contribution in [0.4, 0.5) is 13.2 Å². The standard InChI is InChI=1S/C23H24F3N3O4S/c1-22(2,3)33-18(30)11-7-13-6-9-15(21(31)32-5)19(27-13)20-28-16-12-14(34-23(24,25)26)8-10-17(16)29(20)4/h6,8-10,12H,7,11H2,1-5H3. The van der Waals surface area contributed by atoms with Gasteiger partial charge in [0.05, 0.1) is 30.1 Å². The molecule has 0 aliphatic heterocycles. The van der Waals surface area contributed by atoms with Crippen LogP contribution in [-0.2, 0) is 27.7 Å². The summed E-state index contributed by atoms with van der Waals surface area (Å²) in [5.74, 6) is -0.740. The van der Waals surface area contributed by atoms with Gasteiger partial charge in [0.15, 0.2) is 5.82 Å². The van der Waals surface area contributed by atoms with Gasteiger partial charge >= 0.3 is 17.4 Å². The first-order valence-corrected chi connectivity index (χ1v) is 11.1. The van der Waals surface area contributed by atoms with Gasteiger partial charge in [-0.25, -0.2) is 14.8 Å². The molecule has 11 heteroatoms. The number of imidazole rings is 1. The van der Waals surface area contributed by atoms with Gasteiger partial charge in [-0.3, -0.25) is 4.79 Å². The molecule has 0 saturated heterocycles. The van der Waals surface area contributed by atoms with Crippen molar-refractivity contribution in [2.75, 3.05) is 7.11 Å². The lowest BCUT2D eigenvalue weighted by molar-refractivity contribution is -0.154. The second kappa shape index (κ2) is 9.65. The molecule has 2 heterocycles. The summed E-state index contributed by atoms with van der Waals surface area (Å²) in [5.41, 5.74) is -3.27. The normalized spacial score (nSPS) is 12.1. The Morgan fingerprint density at radius 3 is 2.41 bits per heavy atom. The maximum atomic E-state index is 12.8. The first kappa shape index (κ1) is 25.5. The van der Waals surface area contributed by atoms with Gasteiger partial charge in [0.2, 0.25) is 0 Å². The molecule has 0 atom stereocenters. The number of thioether (sulfide) groups is 1. The predicted molar refractivity (Wildman–Crippen MR) is 121 cm³/mol. The second-order valence-electron chi connectivity index (χ2n) is 8.47. The van der Waals surface area contributed by atoms with Crippen LogP contribution in [0, 0.1) is 0 Å². The third kappa shape index (κ3) is 6.28. The summed E-state index contributed by atoms with van der Waals surface area (Å²) in [6.07, 6.45) is 0.349. The molecular formula is C23H24F3N3O4S. The summed E-state index contributed by atoms with van der Waals surface area (Å²) in [6.45, 7) is 5.32. The van der Waals surface area contributed by atoms with Crippen molar-refractivity contribution in [3.8, 4) is 11.5 Å². The monoisotopic (exact) mass is 495 g/mol. The first-order chi connectivity index (χ1) is 15.8. The molecule has 0 N–H and O–H groups in total. The minimum absolute atomic E-state index is 0.00286.